The lowest BCUT2D eigenvalue weighted by atomic mass is 9.77. The van der Waals surface area contributed by atoms with Gasteiger partial charge in [-0.05, 0) is 76.4 Å². The summed E-state index contributed by atoms with van der Waals surface area (Å²) in [5, 5.41) is 63.1. The van der Waals surface area contributed by atoms with Crippen molar-refractivity contribution in [2.24, 2.45) is 0 Å². The zero-order valence-corrected chi connectivity index (χ0v) is 20.6. The number of rotatable bonds is 3. The van der Waals surface area contributed by atoms with Crippen molar-refractivity contribution in [3.05, 3.63) is 94.5 Å². The second-order valence-corrected chi connectivity index (χ2v) is 9.10. The minimum Gasteiger partial charge on any atom is -0.508 e. The molecule has 4 aromatic carbocycles. The van der Waals surface area contributed by atoms with Crippen molar-refractivity contribution in [2.75, 3.05) is 14.2 Å². The van der Waals surface area contributed by atoms with E-state index < -0.39 is 12.0 Å². The number of hydrogen-bond donors (Lipinski definition) is 6. The van der Waals surface area contributed by atoms with Crippen LogP contribution in [0.15, 0.2) is 66.7 Å². The predicted octanol–water partition coefficient (Wildman–Crippen LogP) is 5.56. The molecule has 38 heavy (non-hydrogen) atoms. The number of ether oxygens (including phenoxy) is 2. The molecule has 0 saturated carbocycles. The second kappa shape index (κ2) is 9.57. The molecule has 8 heteroatoms. The van der Waals surface area contributed by atoms with Gasteiger partial charge in [0.15, 0.2) is 0 Å². The van der Waals surface area contributed by atoms with E-state index in [1.165, 1.54) is 62.8 Å². The Labute approximate surface area is 218 Å². The summed E-state index contributed by atoms with van der Waals surface area (Å²) >= 11 is 0. The number of benzene rings is 4. The van der Waals surface area contributed by atoms with Crippen molar-refractivity contribution in [2.45, 2.75) is 12.0 Å². The Bertz CT molecular complexity index is 1550. The van der Waals surface area contributed by atoms with Gasteiger partial charge in [-0.25, -0.2) is 0 Å². The van der Waals surface area contributed by atoms with E-state index in [0.717, 1.165) is 0 Å². The molecule has 6 N–H and O–H groups in total. The molecule has 0 saturated heterocycles. The lowest BCUT2D eigenvalue weighted by molar-refractivity contribution is 0.0891. The van der Waals surface area contributed by atoms with E-state index in [4.69, 9.17) is 9.47 Å². The monoisotopic (exact) mass is 514 g/mol. The van der Waals surface area contributed by atoms with Crippen LogP contribution in [0.3, 0.4) is 0 Å². The number of phenols is 6. The molecule has 1 aliphatic carbocycles. The highest BCUT2D eigenvalue weighted by Gasteiger charge is 2.34. The van der Waals surface area contributed by atoms with Crippen molar-refractivity contribution in [3.8, 4) is 45.6 Å². The summed E-state index contributed by atoms with van der Waals surface area (Å²) in [4.78, 5) is 0. The zero-order chi connectivity index (χ0) is 27.1. The normalized spacial score (nSPS) is 16.5. The maximum Gasteiger partial charge on any atom is 0.127 e. The highest BCUT2D eigenvalue weighted by atomic mass is 16.5. The molecule has 194 valence electrons. The summed E-state index contributed by atoms with van der Waals surface area (Å²) in [6, 6.07) is 16.2. The second-order valence-electron chi connectivity index (χ2n) is 9.10. The van der Waals surface area contributed by atoms with Gasteiger partial charge < -0.3 is 40.1 Å². The van der Waals surface area contributed by atoms with Gasteiger partial charge in [-0.3, -0.25) is 0 Å². The van der Waals surface area contributed by atoms with Gasteiger partial charge in [0.25, 0.3) is 0 Å². The van der Waals surface area contributed by atoms with Crippen molar-refractivity contribution < 1.29 is 40.1 Å². The summed E-state index contributed by atoms with van der Waals surface area (Å²) in [6.07, 6.45) is 0.859. The minimum atomic E-state index is -0.850. The molecule has 5 rings (SSSR count). The summed E-state index contributed by atoms with van der Waals surface area (Å²) in [7, 11) is 2.94. The Kier molecular flexibility index (Phi) is 6.26. The third-order valence-corrected chi connectivity index (χ3v) is 6.73. The molecular weight excluding hydrogens is 488 g/mol. The standard InChI is InChI=1S/C30H26O8/c1-37-27-9-15-3-4-17(31)11-23(15)28(16-7-19(33)10-20(34)8-16)30(38-2)24-12-18(32)5-6-22(24)29-25(27)13-21(35)14-26(29)36/h3-14,28,30-36H,1-2H3/t28-,30-/m0/s1. The van der Waals surface area contributed by atoms with Crippen molar-refractivity contribution in [1.29, 1.82) is 0 Å². The van der Waals surface area contributed by atoms with E-state index in [0.29, 0.717) is 44.7 Å². The highest BCUT2D eigenvalue weighted by Crippen LogP contribution is 2.50. The summed E-state index contributed by atoms with van der Waals surface area (Å²) in [5.74, 6) is -1.23. The van der Waals surface area contributed by atoms with Crippen LogP contribution in [0.2, 0.25) is 0 Å². The average Bonchev–Trinajstić information content (AvgIpc) is 2.85. The fourth-order valence-electron chi connectivity index (χ4n) is 5.21. The maximum atomic E-state index is 11.0. The fourth-order valence-corrected chi connectivity index (χ4v) is 5.21. The van der Waals surface area contributed by atoms with Crippen LogP contribution < -0.4 is 0 Å². The smallest absolute Gasteiger partial charge is 0.127 e. The average molecular weight is 515 g/mol. The van der Waals surface area contributed by atoms with Crippen molar-refractivity contribution >= 4 is 11.8 Å². The molecule has 1 aliphatic rings. The molecule has 4 aromatic rings. The van der Waals surface area contributed by atoms with E-state index in [-0.39, 0.29) is 34.5 Å². The summed E-state index contributed by atoms with van der Waals surface area (Å²) in [6.45, 7) is 0. The molecule has 0 aromatic heterocycles. The SMILES string of the molecule is COC1=Cc2ccc(O)cc2[C@H](c2cc(O)cc(O)c2)[C@@H](OC)c2cc(O)ccc2-c2c(O)cc(O)cc21. The van der Waals surface area contributed by atoms with E-state index in [1.807, 2.05) is 0 Å². The maximum absolute atomic E-state index is 11.0. The van der Waals surface area contributed by atoms with Gasteiger partial charge in [-0.2, -0.15) is 0 Å². The fraction of sp³-hybridized carbons (Fsp3) is 0.133. The summed E-state index contributed by atoms with van der Waals surface area (Å²) in [5.41, 5.74) is 3.33. The van der Waals surface area contributed by atoms with Crippen LogP contribution in [0.25, 0.3) is 23.0 Å². The van der Waals surface area contributed by atoms with Crippen LogP contribution in [-0.2, 0) is 9.47 Å². The minimum absolute atomic E-state index is 0.0239. The van der Waals surface area contributed by atoms with Gasteiger partial charge >= 0.3 is 0 Å². The molecule has 8 nitrogen and oxygen atoms in total. The first-order valence-corrected chi connectivity index (χ1v) is 11.7. The predicted molar refractivity (Wildman–Crippen MR) is 141 cm³/mol. The molecular formula is C30H26O8. The molecule has 0 unspecified atom stereocenters. The first-order chi connectivity index (χ1) is 18.2. The first kappa shape index (κ1) is 24.9. The van der Waals surface area contributed by atoms with E-state index >= 15 is 0 Å². The first-order valence-electron chi connectivity index (χ1n) is 11.7. The van der Waals surface area contributed by atoms with Gasteiger partial charge in [-0.15, -0.1) is 0 Å². The Hall–Kier alpha value is -4.82. The van der Waals surface area contributed by atoms with Gasteiger partial charge in [0, 0.05) is 36.3 Å². The Morgan fingerprint density at radius 2 is 1.24 bits per heavy atom. The van der Waals surface area contributed by atoms with E-state index in [1.54, 1.807) is 24.3 Å². The van der Waals surface area contributed by atoms with Crippen LogP contribution in [0, 0.1) is 0 Å². The Morgan fingerprint density at radius 3 is 1.89 bits per heavy atom. The van der Waals surface area contributed by atoms with Gasteiger partial charge in [0.05, 0.1) is 13.2 Å². The van der Waals surface area contributed by atoms with Crippen LogP contribution in [-0.4, -0.2) is 44.9 Å². The number of aromatic hydroxyl groups is 6. The highest BCUT2D eigenvalue weighted by molar-refractivity contribution is 5.91. The van der Waals surface area contributed by atoms with Crippen molar-refractivity contribution in [3.63, 3.8) is 0 Å². The number of fused-ring (bicyclic) bond motifs is 4. The van der Waals surface area contributed by atoms with E-state index in [9.17, 15) is 30.6 Å². The third-order valence-electron chi connectivity index (χ3n) is 6.73. The molecule has 0 aliphatic heterocycles. The Morgan fingerprint density at radius 1 is 0.605 bits per heavy atom. The zero-order valence-electron chi connectivity index (χ0n) is 20.6. The van der Waals surface area contributed by atoms with Gasteiger partial charge in [-0.1, -0.05) is 12.1 Å². The molecule has 0 amide bonds. The van der Waals surface area contributed by atoms with Gasteiger partial charge in [0.1, 0.15) is 40.3 Å². The molecule has 2 atom stereocenters. The Balaban J connectivity index is 1.98. The molecule has 0 fully saturated rings. The molecule has 0 heterocycles. The molecule has 0 radical (unpaired) electrons. The van der Waals surface area contributed by atoms with Crippen LogP contribution >= 0.6 is 0 Å². The van der Waals surface area contributed by atoms with Gasteiger partial charge in [0.2, 0.25) is 0 Å². The van der Waals surface area contributed by atoms with Crippen molar-refractivity contribution in [1.82, 2.24) is 0 Å². The third kappa shape index (κ3) is 4.31. The molecule has 0 spiro atoms. The number of phenolic OH excluding ortho intramolecular Hbond substituents is 6. The molecule has 0 bridgehead atoms. The largest absolute Gasteiger partial charge is 0.508 e. The number of methoxy groups -OCH3 is 2. The van der Waals surface area contributed by atoms with Crippen LogP contribution in [0.1, 0.15) is 39.8 Å². The lowest BCUT2D eigenvalue weighted by Gasteiger charge is -2.32. The topological polar surface area (TPSA) is 140 Å². The van der Waals surface area contributed by atoms with E-state index in [2.05, 4.69) is 0 Å². The summed E-state index contributed by atoms with van der Waals surface area (Å²) < 4.78 is 11.8. The lowest BCUT2D eigenvalue weighted by Crippen LogP contribution is -2.18. The van der Waals surface area contributed by atoms with Crippen LogP contribution in [0.4, 0.5) is 0 Å². The number of hydrogen-bond acceptors (Lipinski definition) is 8. The quantitative estimate of drug-likeness (QED) is 0.209. The van der Waals surface area contributed by atoms with Crippen LogP contribution in [0.5, 0.6) is 34.5 Å².